The van der Waals surface area contributed by atoms with Gasteiger partial charge in [-0.1, -0.05) is 17.4 Å². The van der Waals surface area contributed by atoms with Gasteiger partial charge in [-0.3, -0.25) is 14.5 Å². The molecule has 0 spiro atoms. The van der Waals surface area contributed by atoms with Gasteiger partial charge in [-0.2, -0.15) is 0 Å². The van der Waals surface area contributed by atoms with Gasteiger partial charge in [0.05, 0.1) is 42.7 Å². The second-order valence-electron chi connectivity index (χ2n) is 8.35. The van der Waals surface area contributed by atoms with Crippen LogP contribution in [0.4, 0.5) is 9.52 Å². The second-order valence-corrected chi connectivity index (χ2v) is 9.36. The van der Waals surface area contributed by atoms with E-state index in [1.165, 1.54) is 37.3 Å². The quantitative estimate of drug-likeness (QED) is 0.191. The van der Waals surface area contributed by atoms with Crippen molar-refractivity contribution in [3.8, 4) is 17.2 Å². The number of nitrogens with zero attached hydrogens (tertiary/aromatic N) is 2. The van der Waals surface area contributed by atoms with Gasteiger partial charge in [0.1, 0.15) is 17.3 Å². The standard InChI is InChI=1S/C28H23FN2O6S/c1-4-37-18-9-5-15(6-10-18)25(32)23-24(16-7-12-20(35-2)21(13-16)36-3)31(27(34)26(23)33)28-30-19-11-8-17(29)14-22(19)38-28/h5-14,24,32H,4H2,1-3H3. The number of ether oxygens (including phenoxy) is 3. The van der Waals surface area contributed by atoms with Crippen LogP contribution in [-0.2, 0) is 9.59 Å². The van der Waals surface area contributed by atoms with Crippen molar-refractivity contribution in [3.63, 3.8) is 0 Å². The first-order chi connectivity index (χ1) is 18.4. The number of aliphatic hydroxyl groups is 1. The Morgan fingerprint density at radius 3 is 2.45 bits per heavy atom. The largest absolute Gasteiger partial charge is 0.507 e. The molecule has 10 heteroatoms. The minimum atomic E-state index is -1.04. The molecule has 8 nitrogen and oxygen atoms in total. The van der Waals surface area contributed by atoms with Gasteiger partial charge in [0.15, 0.2) is 16.6 Å². The topological polar surface area (TPSA) is 98.2 Å². The first-order valence-electron chi connectivity index (χ1n) is 11.7. The summed E-state index contributed by atoms with van der Waals surface area (Å²) < 4.78 is 30.6. The first kappa shape index (κ1) is 25.2. The van der Waals surface area contributed by atoms with Crippen LogP contribution in [0.5, 0.6) is 17.2 Å². The van der Waals surface area contributed by atoms with Crippen LogP contribution in [0.1, 0.15) is 24.1 Å². The summed E-state index contributed by atoms with van der Waals surface area (Å²) in [6.07, 6.45) is 0. The van der Waals surface area contributed by atoms with Crippen LogP contribution in [0.3, 0.4) is 0 Å². The summed E-state index contributed by atoms with van der Waals surface area (Å²) in [4.78, 5) is 32.6. The number of benzene rings is 3. The lowest BCUT2D eigenvalue weighted by Gasteiger charge is -2.23. The number of aliphatic hydroxyl groups excluding tert-OH is 1. The Labute approximate surface area is 221 Å². The molecule has 0 saturated carbocycles. The van der Waals surface area contributed by atoms with Gasteiger partial charge in [0.2, 0.25) is 0 Å². The normalized spacial score (nSPS) is 16.7. The van der Waals surface area contributed by atoms with Crippen LogP contribution in [0, 0.1) is 5.82 Å². The van der Waals surface area contributed by atoms with Gasteiger partial charge in [0.25, 0.3) is 5.78 Å². The van der Waals surface area contributed by atoms with Gasteiger partial charge >= 0.3 is 5.91 Å². The van der Waals surface area contributed by atoms with E-state index < -0.39 is 23.5 Å². The number of halogens is 1. The fraction of sp³-hybridized carbons (Fsp3) is 0.179. The molecule has 1 N–H and O–H groups in total. The zero-order valence-corrected chi connectivity index (χ0v) is 21.5. The van der Waals surface area contributed by atoms with Crippen LogP contribution in [0.15, 0.2) is 66.2 Å². The van der Waals surface area contributed by atoms with Crippen molar-refractivity contribution >= 4 is 44.1 Å². The van der Waals surface area contributed by atoms with Gasteiger partial charge in [0, 0.05) is 5.56 Å². The van der Waals surface area contributed by atoms with Crippen LogP contribution < -0.4 is 19.1 Å². The second kappa shape index (κ2) is 10.1. The van der Waals surface area contributed by atoms with E-state index in [0.29, 0.717) is 45.2 Å². The first-order valence-corrected chi connectivity index (χ1v) is 12.5. The molecule has 1 aliphatic heterocycles. The molecular weight excluding hydrogens is 511 g/mol. The molecule has 2 heterocycles. The fourth-order valence-electron chi connectivity index (χ4n) is 4.39. The number of rotatable bonds is 7. The number of anilines is 1. The van der Waals surface area contributed by atoms with E-state index in [2.05, 4.69) is 4.98 Å². The lowest BCUT2D eigenvalue weighted by Crippen LogP contribution is -2.29. The number of methoxy groups -OCH3 is 2. The molecule has 194 valence electrons. The number of ketones is 1. The smallest absolute Gasteiger partial charge is 0.301 e. The number of carbonyl (C=O) groups is 2. The predicted octanol–water partition coefficient (Wildman–Crippen LogP) is 5.48. The minimum Gasteiger partial charge on any atom is -0.507 e. The van der Waals surface area contributed by atoms with E-state index in [4.69, 9.17) is 14.2 Å². The van der Waals surface area contributed by atoms with Gasteiger partial charge < -0.3 is 19.3 Å². The fourth-order valence-corrected chi connectivity index (χ4v) is 5.41. The molecule has 5 rings (SSSR count). The lowest BCUT2D eigenvalue weighted by atomic mass is 9.95. The summed E-state index contributed by atoms with van der Waals surface area (Å²) in [6.45, 7) is 2.33. The predicted molar refractivity (Wildman–Crippen MR) is 142 cm³/mol. The third-order valence-corrected chi connectivity index (χ3v) is 7.17. The molecular formula is C28H23FN2O6S. The molecule has 38 heavy (non-hydrogen) atoms. The van der Waals surface area contributed by atoms with Crippen LogP contribution in [0.25, 0.3) is 16.0 Å². The Hall–Kier alpha value is -4.44. The number of hydrogen-bond donors (Lipinski definition) is 1. The molecule has 3 aromatic carbocycles. The molecule has 0 radical (unpaired) electrons. The van der Waals surface area contributed by atoms with Crippen LogP contribution >= 0.6 is 11.3 Å². The number of amides is 1. The van der Waals surface area contributed by atoms with Crippen molar-refractivity contribution in [3.05, 3.63) is 83.2 Å². The Morgan fingerprint density at radius 1 is 1.03 bits per heavy atom. The molecule has 1 fully saturated rings. The monoisotopic (exact) mass is 534 g/mol. The average Bonchev–Trinajstić information content (AvgIpc) is 3.45. The van der Waals surface area contributed by atoms with E-state index >= 15 is 0 Å². The average molecular weight is 535 g/mol. The van der Waals surface area contributed by atoms with Crippen LogP contribution in [0.2, 0.25) is 0 Å². The van der Waals surface area contributed by atoms with Crippen molar-refractivity contribution < 1.29 is 33.3 Å². The summed E-state index contributed by atoms with van der Waals surface area (Å²) in [5.74, 6) is -1.10. The number of fused-ring (bicyclic) bond motifs is 1. The summed E-state index contributed by atoms with van der Waals surface area (Å²) in [7, 11) is 2.97. The van der Waals surface area contributed by atoms with E-state index in [1.54, 1.807) is 42.5 Å². The molecule has 1 aromatic heterocycles. The number of thiazole rings is 1. The van der Waals surface area contributed by atoms with E-state index in [-0.39, 0.29) is 16.5 Å². The molecule has 1 saturated heterocycles. The highest BCUT2D eigenvalue weighted by molar-refractivity contribution is 7.22. The number of carbonyl (C=O) groups excluding carboxylic acids is 2. The van der Waals surface area contributed by atoms with Gasteiger partial charge in [-0.15, -0.1) is 0 Å². The molecule has 0 aliphatic carbocycles. The Kier molecular flexibility index (Phi) is 6.73. The molecule has 1 amide bonds. The lowest BCUT2D eigenvalue weighted by molar-refractivity contribution is -0.132. The maximum atomic E-state index is 13.9. The molecule has 0 bridgehead atoms. The molecule has 1 unspecified atom stereocenters. The molecule has 1 atom stereocenters. The Morgan fingerprint density at radius 2 is 1.76 bits per heavy atom. The van der Waals surface area contributed by atoms with Crippen LogP contribution in [-0.4, -0.2) is 42.6 Å². The maximum absolute atomic E-state index is 13.9. The third kappa shape index (κ3) is 4.32. The minimum absolute atomic E-state index is 0.114. The number of Topliss-reactive ketones (excluding diaryl/α,β-unsaturated/α-hetero) is 1. The highest BCUT2D eigenvalue weighted by atomic mass is 32.1. The van der Waals surface area contributed by atoms with Gasteiger partial charge in [-0.05, 0) is 67.1 Å². The SMILES string of the molecule is CCOc1ccc(C(O)=C2C(=O)C(=O)N(c3nc4ccc(F)cc4s3)C2c2ccc(OC)c(OC)c2)cc1. The van der Waals surface area contributed by atoms with Gasteiger partial charge in [-0.25, -0.2) is 9.37 Å². The Balaban J connectivity index is 1.71. The summed E-state index contributed by atoms with van der Waals surface area (Å²) in [5.41, 5.74) is 1.19. The van der Waals surface area contributed by atoms with Crippen molar-refractivity contribution in [1.29, 1.82) is 0 Å². The highest BCUT2D eigenvalue weighted by Gasteiger charge is 2.48. The highest BCUT2D eigenvalue weighted by Crippen LogP contribution is 2.46. The van der Waals surface area contributed by atoms with Crippen molar-refractivity contribution in [2.45, 2.75) is 13.0 Å². The third-order valence-electron chi connectivity index (χ3n) is 6.15. The van der Waals surface area contributed by atoms with E-state index in [1.807, 2.05) is 6.92 Å². The van der Waals surface area contributed by atoms with Crippen molar-refractivity contribution in [1.82, 2.24) is 4.98 Å². The summed E-state index contributed by atoms with van der Waals surface area (Å²) in [6, 6.07) is 14.6. The summed E-state index contributed by atoms with van der Waals surface area (Å²) in [5, 5.41) is 11.5. The van der Waals surface area contributed by atoms with Crippen molar-refractivity contribution in [2.75, 3.05) is 25.7 Å². The molecule has 4 aromatic rings. The zero-order chi connectivity index (χ0) is 27.0. The van der Waals surface area contributed by atoms with Crippen molar-refractivity contribution in [2.24, 2.45) is 0 Å². The number of hydrogen-bond acceptors (Lipinski definition) is 8. The Bertz CT molecular complexity index is 1580. The molecule has 1 aliphatic rings. The van der Waals surface area contributed by atoms with E-state index in [9.17, 15) is 19.1 Å². The number of aromatic nitrogens is 1. The zero-order valence-electron chi connectivity index (χ0n) is 20.7. The van der Waals surface area contributed by atoms with E-state index in [0.717, 1.165) is 11.3 Å². The maximum Gasteiger partial charge on any atom is 0.301 e. The summed E-state index contributed by atoms with van der Waals surface area (Å²) >= 11 is 1.07.